The molecule has 0 radical (unpaired) electrons. The van der Waals surface area contributed by atoms with Gasteiger partial charge in [-0.25, -0.2) is 4.79 Å². The summed E-state index contributed by atoms with van der Waals surface area (Å²) in [6.07, 6.45) is 3.29. The van der Waals surface area contributed by atoms with Gasteiger partial charge in [0.2, 0.25) is 0 Å². The largest absolute Gasteiger partial charge is 0.423 e. The lowest BCUT2D eigenvalue weighted by Gasteiger charge is -2.06. The van der Waals surface area contributed by atoms with Gasteiger partial charge in [0.25, 0.3) is 5.69 Å². The zero-order valence-electron chi connectivity index (χ0n) is 16.4. The van der Waals surface area contributed by atoms with E-state index < -0.39 is 10.9 Å². The number of hydrogen-bond acceptors (Lipinski definition) is 7. The Morgan fingerprint density at radius 2 is 1.91 bits per heavy atom. The number of anilines is 1. The van der Waals surface area contributed by atoms with Gasteiger partial charge in [-0.2, -0.15) is 5.10 Å². The summed E-state index contributed by atoms with van der Waals surface area (Å²) in [5.74, 6) is -0.370. The van der Waals surface area contributed by atoms with E-state index in [1.165, 1.54) is 24.3 Å². The molecular formula is C23H15ClN4O4. The molecule has 8 nitrogen and oxygen atoms in total. The molecule has 0 atom stereocenters. The fraction of sp³-hybridized carbons (Fsp3) is 0. The summed E-state index contributed by atoms with van der Waals surface area (Å²) in [5, 5.41) is 16.6. The van der Waals surface area contributed by atoms with Crippen molar-refractivity contribution in [3.8, 4) is 5.75 Å². The molecule has 1 N–H and O–H groups in total. The summed E-state index contributed by atoms with van der Waals surface area (Å²) in [6.45, 7) is 0. The van der Waals surface area contributed by atoms with E-state index in [-0.39, 0.29) is 11.3 Å². The second kappa shape index (κ2) is 9.23. The number of aromatic nitrogens is 1. The number of carbonyl (C=O) groups is 1. The molecule has 158 valence electrons. The van der Waals surface area contributed by atoms with Crippen molar-refractivity contribution in [3.63, 3.8) is 0 Å². The Hall–Kier alpha value is -4.30. The lowest BCUT2D eigenvalue weighted by Crippen LogP contribution is -2.08. The first-order chi connectivity index (χ1) is 15.5. The van der Waals surface area contributed by atoms with Crippen LogP contribution in [-0.4, -0.2) is 22.1 Å². The van der Waals surface area contributed by atoms with E-state index in [1.807, 2.05) is 12.1 Å². The monoisotopic (exact) mass is 446 g/mol. The van der Waals surface area contributed by atoms with Gasteiger partial charge in [-0.05, 0) is 60.2 Å². The number of nitrogens with one attached hydrogen (secondary N) is 1. The van der Waals surface area contributed by atoms with E-state index in [0.29, 0.717) is 10.8 Å². The average molecular weight is 447 g/mol. The number of nitrogens with zero attached hydrogens (tertiary/aromatic N) is 3. The Labute approximate surface area is 187 Å². The third-order valence-corrected chi connectivity index (χ3v) is 4.72. The van der Waals surface area contributed by atoms with E-state index >= 15 is 0 Å². The summed E-state index contributed by atoms with van der Waals surface area (Å²) >= 11 is 6.01. The van der Waals surface area contributed by atoms with E-state index in [9.17, 15) is 14.9 Å². The number of halogens is 1. The van der Waals surface area contributed by atoms with Gasteiger partial charge in [0, 0.05) is 28.7 Å². The third kappa shape index (κ3) is 4.88. The Kier molecular flexibility index (Phi) is 6.05. The molecule has 0 saturated carbocycles. The molecule has 9 heteroatoms. The first kappa shape index (κ1) is 21.0. The topological polar surface area (TPSA) is 107 Å². The smallest absolute Gasteiger partial charge is 0.343 e. The first-order valence-corrected chi connectivity index (χ1v) is 9.77. The molecule has 0 bridgehead atoms. The number of fused-ring (bicyclic) bond motifs is 1. The number of non-ortho nitro benzene ring substituents is 1. The summed E-state index contributed by atoms with van der Waals surface area (Å²) in [6, 6.07) is 19.3. The van der Waals surface area contributed by atoms with Crippen LogP contribution in [0.25, 0.3) is 10.9 Å². The minimum absolute atomic E-state index is 0.0971. The number of hydrogen-bond donors (Lipinski definition) is 1. The normalized spacial score (nSPS) is 10.9. The number of benzene rings is 3. The van der Waals surface area contributed by atoms with E-state index in [1.54, 1.807) is 48.8 Å². The summed E-state index contributed by atoms with van der Waals surface area (Å²) < 4.78 is 5.28. The Morgan fingerprint density at radius 1 is 1.09 bits per heavy atom. The van der Waals surface area contributed by atoms with Crippen LogP contribution >= 0.6 is 11.6 Å². The van der Waals surface area contributed by atoms with Crippen LogP contribution in [-0.2, 0) is 0 Å². The Balaban J connectivity index is 1.41. The number of pyridine rings is 1. The van der Waals surface area contributed by atoms with Gasteiger partial charge >= 0.3 is 5.97 Å². The number of nitro benzene ring substituents is 1. The molecule has 0 aliphatic rings. The first-order valence-electron chi connectivity index (χ1n) is 9.40. The highest BCUT2D eigenvalue weighted by Crippen LogP contribution is 2.24. The number of nitro groups is 1. The summed E-state index contributed by atoms with van der Waals surface area (Å²) in [7, 11) is 0. The Bertz CT molecular complexity index is 1340. The van der Waals surface area contributed by atoms with Crippen LogP contribution in [0.2, 0.25) is 5.02 Å². The van der Waals surface area contributed by atoms with E-state index in [4.69, 9.17) is 16.3 Å². The quantitative estimate of drug-likeness (QED) is 0.138. The van der Waals surface area contributed by atoms with Crippen molar-refractivity contribution in [2.75, 3.05) is 5.43 Å². The summed E-state index contributed by atoms with van der Waals surface area (Å²) in [4.78, 5) is 26.8. The van der Waals surface area contributed by atoms with Crippen molar-refractivity contribution in [1.29, 1.82) is 0 Å². The molecule has 3 aromatic carbocycles. The molecule has 0 aliphatic carbocycles. The second-order valence-corrected chi connectivity index (χ2v) is 7.09. The zero-order chi connectivity index (χ0) is 22.5. The van der Waals surface area contributed by atoms with Crippen LogP contribution in [0.5, 0.6) is 5.75 Å². The lowest BCUT2D eigenvalue weighted by molar-refractivity contribution is -0.384. The van der Waals surface area contributed by atoms with Crippen LogP contribution in [0.1, 0.15) is 15.9 Å². The molecule has 4 aromatic rings. The maximum atomic E-state index is 12.2. The number of esters is 1. The third-order valence-electron chi connectivity index (χ3n) is 4.49. The molecule has 1 aromatic heterocycles. The van der Waals surface area contributed by atoms with Gasteiger partial charge in [-0.15, -0.1) is 0 Å². The fourth-order valence-electron chi connectivity index (χ4n) is 2.93. The summed E-state index contributed by atoms with van der Waals surface area (Å²) in [5.41, 5.74) is 5.22. The van der Waals surface area contributed by atoms with Gasteiger partial charge < -0.3 is 4.74 Å². The van der Waals surface area contributed by atoms with Crippen LogP contribution in [0.3, 0.4) is 0 Å². The van der Waals surface area contributed by atoms with Crippen molar-refractivity contribution in [2.24, 2.45) is 5.10 Å². The molecule has 4 rings (SSSR count). The van der Waals surface area contributed by atoms with Crippen LogP contribution in [0.15, 0.2) is 84.1 Å². The highest BCUT2D eigenvalue weighted by Gasteiger charge is 2.13. The predicted octanol–water partition coefficient (Wildman–Crippen LogP) is 5.46. The van der Waals surface area contributed by atoms with Crippen molar-refractivity contribution < 1.29 is 14.5 Å². The molecular weight excluding hydrogens is 432 g/mol. The predicted molar refractivity (Wildman–Crippen MR) is 122 cm³/mol. The lowest BCUT2D eigenvalue weighted by atomic mass is 10.2. The standard InChI is InChI=1S/C23H15ClN4O4/c24-17-6-9-20-21(10-11-25-22(20)13-17)27-26-14-15-4-7-19(8-5-15)32-23(29)16-2-1-3-18(12-16)28(30)31/h1-14H,(H,25,27)/b26-14-. The average Bonchev–Trinajstić information content (AvgIpc) is 2.80. The molecule has 32 heavy (non-hydrogen) atoms. The van der Waals surface area contributed by atoms with Crippen LogP contribution in [0.4, 0.5) is 11.4 Å². The van der Waals surface area contributed by atoms with E-state index in [0.717, 1.165) is 22.2 Å². The van der Waals surface area contributed by atoms with Gasteiger partial charge in [-0.1, -0.05) is 17.7 Å². The number of hydrazone groups is 1. The van der Waals surface area contributed by atoms with Crippen molar-refractivity contribution in [1.82, 2.24) is 4.98 Å². The molecule has 0 aliphatic heterocycles. The zero-order valence-corrected chi connectivity index (χ0v) is 17.2. The maximum absolute atomic E-state index is 12.2. The van der Waals surface area contributed by atoms with Gasteiger partial charge in [0.1, 0.15) is 5.75 Å². The molecule has 0 spiro atoms. The van der Waals surface area contributed by atoms with Crippen molar-refractivity contribution in [2.45, 2.75) is 0 Å². The van der Waals surface area contributed by atoms with Crippen LogP contribution < -0.4 is 10.2 Å². The Morgan fingerprint density at radius 3 is 2.69 bits per heavy atom. The SMILES string of the molecule is O=C(Oc1ccc(/C=N\Nc2ccnc3cc(Cl)ccc23)cc1)c1cccc([N+](=O)[O-])c1. The second-order valence-electron chi connectivity index (χ2n) is 6.66. The van der Waals surface area contributed by atoms with Crippen LogP contribution in [0, 0.1) is 10.1 Å². The van der Waals surface area contributed by atoms with Gasteiger partial charge in [-0.3, -0.25) is 20.5 Å². The fourth-order valence-corrected chi connectivity index (χ4v) is 3.10. The highest BCUT2D eigenvalue weighted by atomic mass is 35.5. The molecule has 0 amide bonds. The highest BCUT2D eigenvalue weighted by molar-refractivity contribution is 6.31. The number of rotatable bonds is 6. The molecule has 0 fully saturated rings. The van der Waals surface area contributed by atoms with Gasteiger partial charge in [0.15, 0.2) is 0 Å². The van der Waals surface area contributed by atoms with Gasteiger partial charge in [0.05, 0.1) is 27.9 Å². The molecule has 0 unspecified atom stereocenters. The van der Waals surface area contributed by atoms with Crippen molar-refractivity contribution >= 4 is 46.1 Å². The molecule has 1 heterocycles. The van der Waals surface area contributed by atoms with E-state index in [2.05, 4.69) is 15.5 Å². The number of carbonyl (C=O) groups excluding carboxylic acids is 1. The minimum Gasteiger partial charge on any atom is -0.423 e. The number of ether oxygens (including phenoxy) is 1. The minimum atomic E-state index is -0.679. The molecule has 0 saturated heterocycles. The maximum Gasteiger partial charge on any atom is 0.343 e. The van der Waals surface area contributed by atoms with Crippen molar-refractivity contribution in [3.05, 3.63) is 105 Å².